The van der Waals surface area contributed by atoms with Gasteiger partial charge in [-0.25, -0.2) is 0 Å². The fourth-order valence-corrected chi connectivity index (χ4v) is 1.71. The average molecular weight is 234 g/mol. The van der Waals surface area contributed by atoms with Crippen molar-refractivity contribution in [1.82, 2.24) is 4.90 Å². The minimum atomic E-state index is 0.727. The molecule has 0 atom stereocenters. The molecule has 1 aliphatic rings. The van der Waals surface area contributed by atoms with Gasteiger partial charge in [0.25, 0.3) is 0 Å². The second-order valence-electron chi connectivity index (χ2n) is 4.07. The summed E-state index contributed by atoms with van der Waals surface area (Å²) in [4.78, 5) is 2.61. The SMILES string of the molecule is CC(C)N(CCCBr)CC1CC1. The first-order valence-corrected chi connectivity index (χ1v) is 6.16. The minimum absolute atomic E-state index is 0.727. The van der Waals surface area contributed by atoms with E-state index in [4.69, 9.17) is 0 Å². The molecule has 0 aromatic carbocycles. The smallest absolute Gasteiger partial charge is 0.00434 e. The summed E-state index contributed by atoms with van der Waals surface area (Å²) in [7, 11) is 0. The Labute approximate surface area is 84.6 Å². The van der Waals surface area contributed by atoms with Crippen molar-refractivity contribution in [3.63, 3.8) is 0 Å². The fourth-order valence-electron chi connectivity index (χ4n) is 1.46. The molecule has 1 aliphatic carbocycles. The van der Waals surface area contributed by atoms with E-state index >= 15 is 0 Å². The van der Waals surface area contributed by atoms with Crippen molar-refractivity contribution in [2.24, 2.45) is 5.92 Å². The molecule has 1 rings (SSSR count). The van der Waals surface area contributed by atoms with Gasteiger partial charge in [0.15, 0.2) is 0 Å². The lowest BCUT2D eigenvalue weighted by atomic mass is 10.2. The van der Waals surface area contributed by atoms with Gasteiger partial charge < -0.3 is 4.90 Å². The van der Waals surface area contributed by atoms with Crippen LogP contribution in [-0.4, -0.2) is 29.4 Å². The monoisotopic (exact) mass is 233 g/mol. The lowest BCUT2D eigenvalue weighted by Crippen LogP contribution is -2.33. The predicted octanol–water partition coefficient (Wildman–Crippen LogP) is 2.89. The fraction of sp³-hybridized carbons (Fsp3) is 1.00. The zero-order valence-electron chi connectivity index (χ0n) is 8.22. The lowest BCUT2D eigenvalue weighted by Gasteiger charge is -2.25. The highest BCUT2D eigenvalue weighted by Crippen LogP contribution is 2.30. The second kappa shape index (κ2) is 5.23. The Morgan fingerprint density at radius 1 is 1.42 bits per heavy atom. The van der Waals surface area contributed by atoms with Crippen LogP contribution in [0, 0.1) is 5.92 Å². The summed E-state index contributed by atoms with van der Waals surface area (Å²) in [6, 6.07) is 0.727. The van der Waals surface area contributed by atoms with Crippen LogP contribution in [0.4, 0.5) is 0 Å². The highest BCUT2D eigenvalue weighted by molar-refractivity contribution is 9.09. The normalized spacial score (nSPS) is 17.8. The molecule has 0 N–H and O–H groups in total. The Hall–Kier alpha value is 0.440. The molecule has 1 fully saturated rings. The molecule has 0 unspecified atom stereocenters. The van der Waals surface area contributed by atoms with Crippen molar-refractivity contribution in [2.45, 2.75) is 39.2 Å². The minimum Gasteiger partial charge on any atom is -0.301 e. The first-order valence-electron chi connectivity index (χ1n) is 5.04. The Balaban J connectivity index is 2.16. The van der Waals surface area contributed by atoms with Crippen molar-refractivity contribution in [1.29, 1.82) is 0 Å². The summed E-state index contributed by atoms with van der Waals surface area (Å²) in [5, 5.41) is 1.14. The molecule has 0 aromatic rings. The maximum atomic E-state index is 3.48. The van der Waals surface area contributed by atoms with Gasteiger partial charge >= 0.3 is 0 Å². The molecule has 1 saturated carbocycles. The molecule has 0 radical (unpaired) electrons. The Bertz CT molecular complexity index is 121. The van der Waals surface area contributed by atoms with Gasteiger partial charge in [-0.3, -0.25) is 0 Å². The van der Waals surface area contributed by atoms with Gasteiger partial charge in [0.2, 0.25) is 0 Å². The van der Waals surface area contributed by atoms with E-state index in [1.807, 2.05) is 0 Å². The quantitative estimate of drug-likeness (QED) is 0.639. The van der Waals surface area contributed by atoms with Crippen LogP contribution >= 0.6 is 15.9 Å². The van der Waals surface area contributed by atoms with E-state index < -0.39 is 0 Å². The van der Waals surface area contributed by atoms with Gasteiger partial charge in [0, 0.05) is 17.9 Å². The second-order valence-corrected chi connectivity index (χ2v) is 4.87. The third-order valence-electron chi connectivity index (χ3n) is 2.50. The molecule has 0 spiro atoms. The van der Waals surface area contributed by atoms with E-state index in [-0.39, 0.29) is 0 Å². The molecule has 0 saturated heterocycles. The summed E-state index contributed by atoms with van der Waals surface area (Å²) in [6.45, 7) is 7.21. The molecule has 1 nitrogen and oxygen atoms in total. The Kier molecular flexibility index (Phi) is 4.59. The van der Waals surface area contributed by atoms with Gasteiger partial charge in [-0.15, -0.1) is 0 Å². The van der Waals surface area contributed by atoms with Crippen LogP contribution in [0.5, 0.6) is 0 Å². The zero-order chi connectivity index (χ0) is 8.97. The van der Waals surface area contributed by atoms with E-state index in [9.17, 15) is 0 Å². The van der Waals surface area contributed by atoms with Crippen molar-refractivity contribution in [2.75, 3.05) is 18.4 Å². The summed E-state index contributed by atoms with van der Waals surface area (Å²) < 4.78 is 0. The van der Waals surface area contributed by atoms with Crippen molar-refractivity contribution < 1.29 is 0 Å². The van der Waals surface area contributed by atoms with Crippen LogP contribution in [0.25, 0.3) is 0 Å². The molecule has 0 aliphatic heterocycles. The van der Waals surface area contributed by atoms with Gasteiger partial charge in [0.1, 0.15) is 0 Å². The number of hydrogen-bond acceptors (Lipinski definition) is 1. The molecule has 0 amide bonds. The maximum Gasteiger partial charge on any atom is 0.00434 e. The van der Waals surface area contributed by atoms with Gasteiger partial charge in [0.05, 0.1) is 0 Å². The lowest BCUT2D eigenvalue weighted by molar-refractivity contribution is 0.214. The summed E-state index contributed by atoms with van der Waals surface area (Å²) in [6.07, 6.45) is 4.22. The van der Waals surface area contributed by atoms with Crippen LogP contribution in [0.3, 0.4) is 0 Å². The van der Waals surface area contributed by atoms with Crippen LogP contribution in [0.2, 0.25) is 0 Å². The number of hydrogen-bond donors (Lipinski definition) is 0. The average Bonchev–Trinajstić information content (AvgIpc) is 2.80. The molecule has 0 heterocycles. The van der Waals surface area contributed by atoms with Crippen LogP contribution in [-0.2, 0) is 0 Å². The first-order chi connectivity index (χ1) is 5.74. The van der Waals surface area contributed by atoms with Gasteiger partial charge in [-0.1, -0.05) is 15.9 Å². The molecular formula is C10H20BrN. The van der Waals surface area contributed by atoms with Gasteiger partial charge in [-0.05, 0) is 45.6 Å². The van der Waals surface area contributed by atoms with E-state index in [0.717, 1.165) is 17.3 Å². The molecule has 12 heavy (non-hydrogen) atoms. The third-order valence-corrected chi connectivity index (χ3v) is 3.06. The van der Waals surface area contributed by atoms with E-state index in [1.54, 1.807) is 0 Å². The largest absolute Gasteiger partial charge is 0.301 e. The Morgan fingerprint density at radius 3 is 2.50 bits per heavy atom. The van der Waals surface area contributed by atoms with Crippen LogP contribution in [0.15, 0.2) is 0 Å². The molecule has 0 aromatic heterocycles. The summed E-state index contributed by atoms with van der Waals surface area (Å²) in [5.74, 6) is 1.03. The third kappa shape index (κ3) is 3.90. The van der Waals surface area contributed by atoms with Crippen molar-refractivity contribution in [3.05, 3.63) is 0 Å². The number of rotatable bonds is 6. The highest BCUT2D eigenvalue weighted by Gasteiger charge is 2.24. The van der Waals surface area contributed by atoms with E-state index in [1.165, 1.54) is 32.4 Å². The number of nitrogens with zero attached hydrogens (tertiary/aromatic N) is 1. The maximum absolute atomic E-state index is 3.48. The van der Waals surface area contributed by atoms with E-state index in [2.05, 4.69) is 34.7 Å². The number of alkyl halides is 1. The van der Waals surface area contributed by atoms with Crippen molar-refractivity contribution >= 4 is 15.9 Å². The van der Waals surface area contributed by atoms with Crippen LogP contribution in [0.1, 0.15) is 33.1 Å². The molecule has 0 bridgehead atoms. The Morgan fingerprint density at radius 2 is 2.08 bits per heavy atom. The first kappa shape index (κ1) is 10.5. The standard InChI is InChI=1S/C10H20BrN/c1-9(2)12(7-3-6-11)8-10-4-5-10/h9-10H,3-8H2,1-2H3. The summed E-state index contributed by atoms with van der Waals surface area (Å²) in [5.41, 5.74) is 0. The number of halogens is 1. The molecule has 72 valence electrons. The predicted molar refractivity (Wildman–Crippen MR) is 57.8 cm³/mol. The van der Waals surface area contributed by atoms with Gasteiger partial charge in [-0.2, -0.15) is 0 Å². The topological polar surface area (TPSA) is 3.24 Å². The molecule has 2 heteroatoms. The van der Waals surface area contributed by atoms with E-state index in [0.29, 0.717) is 0 Å². The summed E-state index contributed by atoms with van der Waals surface area (Å²) >= 11 is 3.48. The van der Waals surface area contributed by atoms with Crippen LogP contribution < -0.4 is 0 Å². The zero-order valence-corrected chi connectivity index (χ0v) is 9.81. The van der Waals surface area contributed by atoms with Crippen molar-refractivity contribution in [3.8, 4) is 0 Å². The highest BCUT2D eigenvalue weighted by atomic mass is 79.9. The molecular weight excluding hydrogens is 214 g/mol.